The molecule has 1 aromatic carbocycles. The van der Waals surface area contributed by atoms with Crippen molar-refractivity contribution in [2.45, 2.75) is 45.1 Å². The maximum absolute atomic E-state index is 12.6. The Hall–Kier alpha value is -0.890. The van der Waals surface area contributed by atoms with E-state index in [1.807, 2.05) is 0 Å². The van der Waals surface area contributed by atoms with Crippen LogP contribution in [0.15, 0.2) is 24.3 Å². The second kappa shape index (κ2) is 6.57. The number of rotatable bonds is 6. The lowest BCUT2D eigenvalue weighted by atomic mass is 10.0. The monoisotopic (exact) mass is 210 g/mol. The molecule has 1 atom stereocenters. The van der Waals surface area contributed by atoms with E-state index in [-0.39, 0.29) is 5.82 Å². The zero-order chi connectivity index (χ0) is 11.1. The molecule has 0 radical (unpaired) electrons. The summed E-state index contributed by atoms with van der Waals surface area (Å²) in [5.41, 5.74) is 0.813. The summed E-state index contributed by atoms with van der Waals surface area (Å²) in [6, 6.07) is 6.09. The lowest BCUT2D eigenvalue weighted by molar-refractivity contribution is 0.163. The van der Waals surface area contributed by atoms with Gasteiger partial charge in [0.05, 0.1) is 6.10 Å². The van der Waals surface area contributed by atoms with Gasteiger partial charge in [-0.2, -0.15) is 0 Å². The molecule has 84 valence electrons. The highest BCUT2D eigenvalue weighted by Gasteiger charge is 2.06. The van der Waals surface area contributed by atoms with Gasteiger partial charge in [-0.05, 0) is 24.1 Å². The van der Waals surface area contributed by atoms with E-state index in [1.54, 1.807) is 12.1 Å². The van der Waals surface area contributed by atoms with E-state index in [4.69, 9.17) is 0 Å². The number of hydrogen-bond acceptors (Lipinski definition) is 1. The molecule has 0 fully saturated rings. The van der Waals surface area contributed by atoms with Gasteiger partial charge in [0.25, 0.3) is 0 Å². The van der Waals surface area contributed by atoms with Crippen LogP contribution in [-0.4, -0.2) is 5.11 Å². The van der Waals surface area contributed by atoms with Gasteiger partial charge in [0.15, 0.2) is 0 Å². The van der Waals surface area contributed by atoms with Crippen LogP contribution < -0.4 is 0 Å². The fourth-order valence-corrected chi connectivity index (χ4v) is 1.62. The third-order valence-electron chi connectivity index (χ3n) is 2.59. The molecule has 0 aromatic heterocycles. The highest BCUT2D eigenvalue weighted by atomic mass is 19.1. The van der Waals surface area contributed by atoms with Gasteiger partial charge in [-0.3, -0.25) is 0 Å². The molecule has 1 rings (SSSR count). The lowest BCUT2D eigenvalue weighted by Gasteiger charge is -2.10. The molecule has 1 aromatic rings. The minimum Gasteiger partial charge on any atom is -0.388 e. The van der Waals surface area contributed by atoms with Crippen LogP contribution in [0.25, 0.3) is 0 Å². The maximum Gasteiger partial charge on any atom is 0.123 e. The number of aliphatic hydroxyl groups is 1. The van der Waals surface area contributed by atoms with Crippen molar-refractivity contribution in [2.75, 3.05) is 0 Å². The summed E-state index contributed by atoms with van der Waals surface area (Å²) in [4.78, 5) is 0. The molecule has 0 bridgehead atoms. The number of halogens is 1. The first-order valence-corrected chi connectivity index (χ1v) is 5.67. The summed E-state index contributed by atoms with van der Waals surface area (Å²) in [6.45, 7) is 2.16. The zero-order valence-electron chi connectivity index (χ0n) is 9.25. The van der Waals surface area contributed by atoms with Crippen molar-refractivity contribution in [1.82, 2.24) is 0 Å². The van der Waals surface area contributed by atoms with Crippen LogP contribution in [-0.2, 0) is 0 Å². The topological polar surface area (TPSA) is 20.2 Å². The van der Waals surface area contributed by atoms with Gasteiger partial charge >= 0.3 is 0 Å². The van der Waals surface area contributed by atoms with Gasteiger partial charge in [-0.25, -0.2) is 4.39 Å². The third-order valence-corrected chi connectivity index (χ3v) is 2.59. The Labute approximate surface area is 90.9 Å². The lowest BCUT2D eigenvalue weighted by Crippen LogP contribution is -1.97. The Morgan fingerprint density at radius 3 is 2.40 bits per heavy atom. The average molecular weight is 210 g/mol. The van der Waals surface area contributed by atoms with E-state index in [2.05, 4.69) is 6.92 Å². The summed E-state index contributed by atoms with van der Waals surface area (Å²) < 4.78 is 12.6. The van der Waals surface area contributed by atoms with Crippen LogP contribution in [0.3, 0.4) is 0 Å². The van der Waals surface area contributed by atoms with Crippen LogP contribution in [0.4, 0.5) is 4.39 Å². The minimum atomic E-state index is -0.442. The Morgan fingerprint density at radius 1 is 1.13 bits per heavy atom. The Morgan fingerprint density at radius 2 is 1.80 bits per heavy atom. The van der Waals surface area contributed by atoms with Crippen molar-refractivity contribution in [3.63, 3.8) is 0 Å². The molecule has 1 N–H and O–H groups in total. The van der Waals surface area contributed by atoms with E-state index in [0.717, 1.165) is 24.8 Å². The van der Waals surface area contributed by atoms with Crippen molar-refractivity contribution in [3.8, 4) is 0 Å². The molecule has 15 heavy (non-hydrogen) atoms. The van der Waals surface area contributed by atoms with Crippen molar-refractivity contribution in [2.24, 2.45) is 0 Å². The van der Waals surface area contributed by atoms with E-state index in [1.165, 1.54) is 25.0 Å². The molecule has 2 heteroatoms. The molecular weight excluding hydrogens is 191 g/mol. The predicted octanol–water partition coefficient (Wildman–Crippen LogP) is 3.83. The van der Waals surface area contributed by atoms with Gasteiger partial charge in [0.1, 0.15) is 5.82 Å². The molecule has 0 saturated carbocycles. The summed E-state index contributed by atoms with van der Waals surface area (Å²) in [5.74, 6) is -0.253. The van der Waals surface area contributed by atoms with E-state index >= 15 is 0 Å². The van der Waals surface area contributed by atoms with Crippen molar-refractivity contribution < 1.29 is 9.50 Å². The van der Waals surface area contributed by atoms with Crippen molar-refractivity contribution >= 4 is 0 Å². The van der Waals surface area contributed by atoms with Crippen LogP contribution in [0.2, 0.25) is 0 Å². The molecule has 0 amide bonds. The van der Waals surface area contributed by atoms with Gasteiger partial charge in [-0.1, -0.05) is 44.7 Å². The van der Waals surface area contributed by atoms with E-state index < -0.39 is 6.10 Å². The van der Waals surface area contributed by atoms with E-state index in [9.17, 15) is 9.50 Å². The van der Waals surface area contributed by atoms with Crippen LogP contribution in [0.1, 0.15) is 50.7 Å². The normalized spacial score (nSPS) is 12.7. The molecule has 1 nitrogen and oxygen atoms in total. The average Bonchev–Trinajstić information content (AvgIpc) is 2.25. The van der Waals surface area contributed by atoms with Gasteiger partial charge in [-0.15, -0.1) is 0 Å². The number of unbranched alkanes of at least 4 members (excludes halogenated alkanes) is 3. The molecule has 0 spiro atoms. The van der Waals surface area contributed by atoms with Crippen LogP contribution in [0.5, 0.6) is 0 Å². The van der Waals surface area contributed by atoms with Gasteiger partial charge in [0.2, 0.25) is 0 Å². The molecule has 0 saturated heterocycles. The molecule has 0 aliphatic heterocycles. The molecule has 0 heterocycles. The van der Waals surface area contributed by atoms with Crippen molar-refractivity contribution in [1.29, 1.82) is 0 Å². The summed E-state index contributed by atoms with van der Waals surface area (Å²) in [5, 5.41) is 9.79. The predicted molar refractivity (Wildman–Crippen MR) is 60.1 cm³/mol. The van der Waals surface area contributed by atoms with Crippen LogP contribution in [0, 0.1) is 5.82 Å². The zero-order valence-corrected chi connectivity index (χ0v) is 9.25. The standard InChI is InChI=1S/C13H19FO/c1-2-3-4-5-6-13(15)11-7-9-12(14)10-8-11/h7-10,13,15H,2-6H2,1H3/t13-/m0/s1. The Kier molecular flexibility index (Phi) is 5.33. The second-order valence-electron chi connectivity index (χ2n) is 3.92. The largest absolute Gasteiger partial charge is 0.388 e. The van der Waals surface area contributed by atoms with Crippen molar-refractivity contribution in [3.05, 3.63) is 35.6 Å². The van der Waals surface area contributed by atoms with E-state index in [0.29, 0.717) is 0 Å². The molecule has 0 aliphatic carbocycles. The van der Waals surface area contributed by atoms with Gasteiger partial charge in [0, 0.05) is 0 Å². The number of aliphatic hydroxyl groups excluding tert-OH is 1. The van der Waals surface area contributed by atoms with Crippen LogP contribution >= 0.6 is 0 Å². The number of benzene rings is 1. The fourth-order valence-electron chi connectivity index (χ4n) is 1.62. The third kappa shape index (κ3) is 4.43. The second-order valence-corrected chi connectivity index (χ2v) is 3.92. The first-order chi connectivity index (χ1) is 7.24. The highest BCUT2D eigenvalue weighted by Crippen LogP contribution is 2.19. The number of hydrogen-bond donors (Lipinski definition) is 1. The summed E-state index contributed by atoms with van der Waals surface area (Å²) >= 11 is 0. The smallest absolute Gasteiger partial charge is 0.123 e. The fraction of sp³-hybridized carbons (Fsp3) is 0.538. The maximum atomic E-state index is 12.6. The SMILES string of the molecule is CCCCCC[C@H](O)c1ccc(F)cc1. The Bertz CT molecular complexity index is 268. The molecular formula is C13H19FO. The highest BCUT2D eigenvalue weighted by molar-refractivity contribution is 5.18. The minimum absolute atomic E-state index is 0.253. The molecule has 0 aliphatic rings. The molecule has 0 unspecified atom stereocenters. The van der Waals surface area contributed by atoms with Gasteiger partial charge < -0.3 is 5.11 Å². The first-order valence-electron chi connectivity index (χ1n) is 5.67. The quantitative estimate of drug-likeness (QED) is 0.707. The summed E-state index contributed by atoms with van der Waals surface area (Å²) in [7, 11) is 0. The summed E-state index contributed by atoms with van der Waals surface area (Å²) in [6.07, 6.45) is 4.94. The first kappa shape index (κ1) is 12.2. The Balaban J connectivity index is 2.33.